The van der Waals surface area contributed by atoms with Crippen LogP contribution in [0, 0.1) is 16.0 Å². The van der Waals surface area contributed by atoms with Crippen LogP contribution in [0.15, 0.2) is 53.6 Å². The third kappa shape index (κ3) is 7.00. The maximum atomic E-state index is 12.5. The van der Waals surface area contributed by atoms with E-state index in [4.69, 9.17) is 11.6 Å². The van der Waals surface area contributed by atoms with Crippen LogP contribution in [0.3, 0.4) is 0 Å². The number of halogens is 1. The molecule has 2 N–H and O–H groups in total. The lowest BCUT2D eigenvalue weighted by atomic mass is 10.0. The molecule has 0 bridgehead atoms. The average Bonchev–Trinajstić information content (AvgIpc) is 2.67. The molecule has 0 heterocycles. The minimum absolute atomic E-state index is 0.0758. The second kappa shape index (κ2) is 10.3. The molecule has 0 aliphatic carbocycles. The van der Waals surface area contributed by atoms with Crippen molar-refractivity contribution in [2.75, 3.05) is 0 Å². The van der Waals surface area contributed by atoms with Gasteiger partial charge < -0.3 is 5.32 Å². The highest BCUT2D eigenvalue weighted by molar-refractivity contribution is 6.30. The van der Waals surface area contributed by atoms with E-state index in [2.05, 4.69) is 15.8 Å². The standard InChI is InChI=1S/C20H21ClN4O4/c1-13(2)10-18(23-19(26)15-6-8-16(21)9-7-15)20(27)24-22-12-14-4-3-5-17(11-14)25(28)29/h3-9,11-13,18H,10H2,1-2H3,(H,23,26)(H,24,27). The number of rotatable bonds is 8. The van der Waals surface area contributed by atoms with E-state index in [-0.39, 0.29) is 11.6 Å². The summed E-state index contributed by atoms with van der Waals surface area (Å²) in [5, 5.41) is 17.9. The number of nitro groups is 1. The molecule has 0 fully saturated rings. The Morgan fingerprint density at radius 3 is 2.52 bits per heavy atom. The van der Waals surface area contributed by atoms with Crippen LogP contribution in [0.25, 0.3) is 0 Å². The number of amides is 2. The summed E-state index contributed by atoms with van der Waals surface area (Å²) in [5.74, 6) is -0.732. The number of hydrazone groups is 1. The van der Waals surface area contributed by atoms with Crippen molar-refractivity contribution in [1.82, 2.24) is 10.7 Å². The third-order valence-corrected chi connectivity index (χ3v) is 4.16. The van der Waals surface area contributed by atoms with Crippen LogP contribution < -0.4 is 10.7 Å². The number of carbonyl (C=O) groups excluding carboxylic acids is 2. The van der Waals surface area contributed by atoms with Crippen LogP contribution in [0.5, 0.6) is 0 Å². The van der Waals surface area contributed by atoms with Crippen molar-refractivity contribution < 1.29 is 14.5 Å². The molecule has 0 saturated carbocycles. The van der Waals surface area contributed by atoms with E-state index in [0.29, 0.717) is 22.6 Å². The zero-order valence-electron chi connectivity index (χ0n) is 16.0. The largest absolute Gasteiger partial charge is 0.340 e. The summed E-state index contributed by atoms with van der Waals surface area (Å²) >= 11 is 5.83. The molecule has 2 aromatic carbocycles. The molecule has 0 aliphatic rings. The van der Waals surface area contributed by atoms with Gasteiger partial charge in [-0.3, -0.25) is 19.7 Å². The van der Waals surface area contributed by atoms with Gasteiger partial charge in [0.15, 0.2) is 0 Å². The molecule has 0 saturated heterocycles. The summed E-state index contributed by atoms with van der Waals surface area (Å²) in [4.78, 5) is 35.2. The van der Waals surface area contributed by atoms with Gasteiger partial charge in [-0.05, 0) is 36.6 Å². The van der Waals surface area contributed by atoms with Crippen molar-refractivity contribution in [1.29, 1.82) is 0 Å². The Hall–Kier alpha value is -3.26. The van der Waals surface area contributed by atoms with Crippen molar-refractivity contribution in [2.45, 2.75) is 26.3 Å². The lowest BCUT2D eigenvalue weighted by molar-refractivity contribution is -0.384. The Bertz CT molecular complexity index is 913. The van der Waals surface area contributed by atoms with Crippen LogP contribution in [-0.4, -0.2) is 29.0 Å². The second-order valence-electron chi connectivity index (χ2n) is 6.75. The summed E-state index contributed by atoms with van der Waals surface area (Å²) in [7, 11) is 0. The fourth-order valence-electron chi connectivity index (χ4n) is 2.51. The Kier molecular flexibility index (Phi) is 7.85. The highest BCUT2D eigenvalue weighted by Gasteiger charge is 2.22. The first-order valence-electron chi connectivity index (χ1n) is 8.90. The summed E-state index contributed by atoms with van der Waals surface area (Å²) in [6.45, 7) is 3.86. The van der Waals surface area contributed by atoms with E-state index in [1.165, 1.54) is 24.4 Å². The number of nitrogens with one attached hydrogen (secondary N) is 2. The number of carbonyl (C=O) groups is 2. The highest BCUT2D eigenvalue weighted by Crippen LogP contribution is 2.12. The summed E-state index contributed by atoms with van der Waals surface area (Å²) in [6, 6.07) is 11.4. The van der Waals surface area contributed by atoms with Gasteiger partial charge in [0.05, 0.1) is 11.1 Å². The van der Waals surface area contributed by atoms with Crippen LogP contribution in [0.1, 0.15) is 36.2 Å². The fraction of sp³-hybridized carbons (Fsp3) is 0.250. The minimum atomic E-state index is -0.791. The minimum Gasteiger partial charge on any atom is -0.340 e. The Morgan fingerprint density at radius 1 is 1.21 bits per heavy atom. The SMILES string of the molecule is CC(C)CC(NC(=O)c1ccc(Cl)cc1)C(=O)NN=Cc1cccc([N+](=O)[O-])c1. The first kappa shape index (κ1) is 22.0. The number of hydrogen-bond acceptors (Lipinski definition) is 5. The fourth-order valence-corrected chi connectivity index (χ4v) is 2.64. The van der Waals surface area contributed by atoms with Crippen molar-refractivity contribution >= 4 is 35.3 Å². The topological polar surface area (TPSA) is 114 Å². The van der Waals surface area contributed by atoms with Crippen molar-refractivity contribution in [2.24, 2.45) is 11.0 Å². The average molecular weight is 417 g/mol. The smallest absolute Gasteiger partial charge is 0.270 e. The molecule has 0 radical (unpaired) electrons. The number of nitrogens with zero attached hydrogens (tertiary/aromatic N) is 2. The van der Waals surface area contributed by atoms with E-state index < -0.39 is 22.8 Å². The molecule has 29 heavy (non-hydrogen) atoms. The lowest BCUT2D eigenvalue weighted by Gasteiger charge is -2.19. The molecular weight excluding hydrogens is 396 g/mol. The zero-order chi connectivity index (χ0) is 21.4. The van der Waals surface area contributed by atoms with Gasteiger partial charge in [-0.1, -0.05) is 37.6 Å². The Labute approximate surface area is 173 Å². The molecule has 2 rings (SSSR count). The predicted molar refractivity (Wildman–Crippen MR) is 111 cm³/mol. The number of hydrogen-bond donors (Lipinski definition) is 2. The molecule has 0 spiro atoms. The van der Waals surface area contributed by atoms with Crippen LogP contribution in [-0.2, 0) is 4.79 Å². The number of benzene rings is 2. The number of non-ortho nitro benzene ring substituents is 1. The molecule has 1 atom stereocenters. The first-order chi connectivity index (χ1) is 13.8. The monoisotopic (exact) mass is 416 g/mol. The summed E-state index contributed by atoms with van der Waals surface area (Å²) in [6.07, 6.45) is 1.72. The molecule has 0 aromatic heterocycles. The molecule has 0 aliphatic heterocycles. The highest BCUT2D eigenvalue weighted by atomic mass is 35.5. The van der Waals surface area contributed by atoms with E-state index in [1.54, 1.807) is 30.3 Å². The molecule has 8 nitrogen and oxygen atoms in total. The quantitative estimate of drug-likeness (QED) is 0.389. The summed E-state index contributed by atoms with van der Waals surface area (Å²) < 4.78 is 0. The summed E-state index contributed by atoms with van der Waals surface area (Å²) in [5.41, 5.74) is 3.15. The van der Waals surface area contributed by atoms with Gasteiger partial charge in [0.25, 0.3) is 17.5 Å². The van der Waals surface area contributed by atoms with Crippen molar-refractivity contribution in [3.63, 3.8) is 0 Å². The van der Waals surface area contributed by atoms with Gasteiger partial charge in [-0.2, -0.15) is 5.10 Å². The van der Waals surface area contributed by atoms with Crippen molar-refractivity contribution in [3.8, 4) is 0 Å². The molecular formula is C20H21ClN4O4. The third-order valence-electron chi connectivity index (χ3n) is 3.90. The second-order valence-corrected chi connectivity index (χ2v) is 7.19. The van der Waals surface area contributed by atoms with Gasteiger partial charge in [0, 0.05) is 28.3 Å². The van der Waals surface area contributed by atoms with Crippen LogP contribution in [0.4, 0.5) is 5.69 Å². The molecule has 1 unspecified atom stereocenters. The van der Waals surface area contributed by atoms with E-state index in [0.717, 1.165) is 0 Å². The maximum Gasteiger partial charge on any atom is 0.270 e. The maximum absolute atomic E-state index is 12.5. The molecule has 2 aromatic rings. The number of nitro benzene ring substituents is 1. The van der Waals surface area contributed by atoms with Crippen LogP contribution in [0.2, 0.25) is 5.02 Å². The van der Waals surface area contributed by atoms with E-state index in [1.807, 2.05) is 13.8 Å². The van der Waals surface area contributed by atoms with Crippen LogP contribution >= 0.6 is 11.6 Å². The van der Waals surface area contributed by atoms with Gasteiger partial charge >= 0.3 is 0 Å². The van der Waals surface area contributed by atoms with Gasteiger partial charge in [0.2, 0.25) is 0 Å². The van der Waals surface area contributed by atoms with Gasteiger partial charge in [-0.15, -0.1) is 0 Å². The van der Waals surface area contributed by atoms with Crippen molar-refractivity contribution in [3.05, 3.63) is 74.8 Å². The van der Waals surface area contributed by atoms with Gasteiger partial charge in [0.1, 0.15) is 6.04 Å². The molecule has 2 amide bonds. The predicted octanol–water partition coefficient (Wildman–Crippen LogP) is 3.54. The normalized spacial score (nSPS) is 12.0. The zero-order valence-corrected chi connectivity index (χ0v) is 16.7. The molecule has 9 heteroatoms. The Morgan fingerprint density at radius 2 is 1.90 bits per heavy atom. The van der Waals surface area contributed by atoms with E-state index >= 15 is 0 Å². The lowest BCUT2D eigenvalue weighted by Crippen LogP contribution is -2.46. The van der Waals surface area contributed by atoms with E-state index in [9.17, 15) is 19.7 Å². The van der Waals surface area contributed by atoms with Gasteiger partial charge in [-0.25, -0.2) is 5.43 Å². The molecule has 152 valence electrons. The first-order valence-corrected chi connectivity index (χ1v) is 9.28. The Balaban J connectivity index is 2.04.